The highest BCUT2D eigenvalue weighted by Crippen LogP contribution is 2.22. The third-order valence-corrected chi connectivity index (χ3v) is 4.17. The van der Waals surface area contributed by atoms with Gasteiger partial charge in [-0.05, 0) is 24.9 Å². The first kappa shape index (κ1) is 17.6. The van der Waals surface area contributed by atoms with Crippen molar-refractivity contribution in [3.05, 3.63) is 39.9 Å². The van der Waals surface area contributed by atoms with Crippen molar-refractivity contribution in [3.8, 4) is 0 Å². The summed E-state index contributed by atoms with van der Waals surface area (Å²) in [6.45, 7) is 2.61. The fourth-order valence-electron chi connectivity index (χ4n) is 2.14. The predicted octanol–water partition coefficient (Wildman–Crippen LogP) is 2.46. The summed E-state index contributed by atoms with van der Waals surface area (Å²) in [4.78, 5) is 10.4. The van der Waals surface area contributed by atoms with Crippen LogP contribution < -0.4 is 5.32 Å². The molecule has 0 spiro atoms. The van der Waals surface area contributed by atoms with Gasteiger partial charge in [0.2, 0.25) is 0 Å². The van der Waals surface area contributed by atoms with Crippen molar-refractivity contribution in [2.24, 2.45) is 0 Å². The van der Waals surface area contributed by atoms with Crippen LogP contribution in [0, 0.1) is 10.1 Å². The molecule has 1 aromatic carbocycles. The highest BCUT2D eigenvalue weighted by molar-refractivity contribution is 7.90. The zero-order chi connectivity index (χ0) is 15.9. The number of nitro benzene ring substituents is 1. The van der Waals surface area contributed by atoms with Crippen LogP contribution in [-0.2, 0) is 9.84 Å². The molecule has 0 heterocycles. The molecule has 0 aliphatic rings. The summed E-state index contributed by atoms with van der Waals surface area (Å²) in [7, 11) is -2.95. The number of hydrogen-bond acceptors (Lipinski definition) is 5. The molecular formula is C14H22N2O4S. The molecule has 0 aliphatic carbocycles. The second kappa shape index (κ2) is 8.09. The maximum atomic E-state index is 11.1. The van der Waals surface area contributed by atoms with Crippen LogP contribution in [0.15, 0.2) is 24.3 Å². The average molecular weight is 314 g/mol. The van der Waals surface area contributed by atoms with Crippen molar-refractivity contribution in [3.63, 3.8) is 0 Å². The van der Waals surface area contributed by atoms with Gasteiger partial charge in [0, 0.05) is 24.4 Å². The van der Waals surface area contributed by atoms with Crippen LogP contribution in [0.3, 0.4) is 0 Å². The number of nitrogens with zero attached hydrogens (tertiary/aromatic N) is 1. The lowest BCUT2D eigenvalue weighted by Gasteiger charge is -2.18. The molecule has 1 aromatic rings. The molecule has 1 atom stereocenters. The SMILES string of the molecule is CCCC(NCCCS(C)(=O)=O)c1cccc([N+](=O)[O-])c1. The molecule has 0 radical (unpaired) electrons. The van der Waals surface area contributed by atoms with Crippen LogP contribution in [-0.4, -0.2) is 31.9 Å². The number of nitro groups is 1. The Labute approximate surface area is 125 Å². The van der Waals surface area contributed by atoms with Gasteiger partial charge in [0.15, 0.2) is 0 Å². The number of hydrogen-bond donors (Lipinski definition) is 1. The second-order valence-corrected chi connectivity index (χ2v) is 7.39. The molecule has 21 heavy (non-hydrogen) atoms. The molecule has 0 bridgehead atoms. The standard InChI is InChI=1S/C14H22N2O4S/c1-3-6-14(15-9-5-10-21(2,19)20)12-7-4-8-13(11-12)16(17)18/h4,7-8,11,14-15H,3,5-6,9-10H2,1-2H3. The van der Waals surface area contributed by atoms with Gasteiger partial charge < -0.3 is 5.32 Å². The van der Waals surface area contributed by atoms with Crippen LogP contribution >= 0.6 is 0 Å². The van der Waals surface area contributed by atoms with E-state index < -0.39 is 14.8 Å². The van der Waals surface area contributed by atoms with Gasteiger partial charge in [-0.15, -0.1) is 0 Å². The van der Waals surface area contributed by atoms with Gasteiger partial charge in [-0.25, -0.2) is 8.42 Å². The lowest BCUT2D eigenvalue weighted by molar-refractivity contribution is -0.384. The normalized spacial score (nSPS) is 13.0. The van der Waals surface area contributed by atoms with Crippen molar-refractivity contribution >= 4 is 15.5 Å². The van der Waals surface area contributed by atoms with Crippen LogP contribution in [0.1, 0.15) is 37.8 Å². The van der Waals surface area contributed by atoms with Gasteiger partial charge in [-0.3, -0.25) is 10.1 Å². The van der Waals surface area contributed by atoms with Gasteiger partial charge in [-0.2, -0.15) is 0 Å². The van der Waals surface area contributed by atoms with Crippen molar-refractivity contribution in [1.82, 2.24) is 5.32 Å². The molecule has 0 amide bonds. The molecule has 0 saturated heterocycles. The number of non-ortho nitro benzene ring substituents is 1. The van der Waals surface area contributed by atoms with E-state index in [9.17, 15) is 18.5 Å². The van der Waals surface area contributed by atoms with Crippen molar-refractivity contribution in [2.75, 3.05) is 18.6 Å². The van der Waals surface area contributed by atoms with E-state index in [1.807, 2.05) is 13.0 Å². The van der Waals surface area contributed by atoms with E-state index in [1.165, 1.54) is 12.3 Å². The molecule has 0 fully saturated rings. The van der Waals surface area contributed by atoms with Gasteiger partial charge in [-0.1, -0.05) is 25.5 Å². The summed E-state index contributed by atoms with van der Waals surface area (Å²) in [5.41, 5.74) is 0.942. The van der Waals surface area contributed by atoms with Gasteiger partial charge >= 0.3 is 0 Å². The van der Waals surface area contributed by atoms with Crippen LogP contribution in [0.4, 0.5) is 5.69 Å². The molecule has 0 aliphatic heterocycles. The summed E-state index contributed by atoms with van der Waals surface area (Å²) in [5.74, 6) is 0.147. The van der Waals surface area contributed by atoms with Crippen molar-refractivity contribution in [1.29, 1.82) is 0 Å². The van der Waals surface area contributed by atoms with E-state index in [4.69, 9.17) is 0 Å². The first-order valence-electron chi connectivity index (χ1n) is 6.99. The number of sulfone groups is 1. The Kier molecular flexibility index (Phi) is 6.77. The van der Waals surface area contributed by atoms with E-state index in [-0.39, 0.29) is 17.5 Å². The molecular weight excluding hydrogens is 292 g/mol. The van der Waals surface area contributed by atoms with Crippen LogP contribution in [0.25, 0.3) is 0 Å². The largest absolute Gasteiger partial charge is 0.310 e. The topological polar surface area (TPSA) is 89.3 Å². The third-order valence-electron chi connectivity index (χ3n) is 3.14. The molecule has 1 N–H and O–H groups in total. The Morgan fingerprint density at radius 3 is 2.67 bits per heavy atom. The fraction of sp³-hybridized carbons (Fsp3) is 0.571. The third kappa shape index (κ3) is 6.68. The van der Waals surface area contributed by atoms with E-state index in [2.05, 4.69) is 5.32 Å². The summed E-state index contributed by atoms with van der Waals surface area (Å²) < 4.78 is 22.2. The van der Waals surface area contributed by atoms with Crippen LogP contribution in [0.5, 0.6) is 0 Å². The maximum Gasteiger partial charge on any atom is 0.269 e. The smallest absolute Gasteiger partial charge is 0.269 e. The number of nitrogens with one attached hydrogen (secondary N) is 1. The first-order chi connectivity index (χ1) is 9.83. The number of rotatable bonds is 9. The number of benzene rings is 1. The Morgan fingerprint density at radius 1 is 1.38 bits per heavy atom. The Balaban J connectivity index is 2.68. The van der Waals surface area contributed by atoms with Gasteiger partial charge in [0.1, 0.15) is 9.84 Å². The highest BCUT2D eigenvalue weighted by Gasteiger charge is 2.14. The molecule has 0 saturated carbocycles. The quantitative estimate of drug-likeness (QED) is 0.429. The lowest BCUT2D eigenvalue weighted by Crippen LogP contribution is -2.24. The van der Waals surface area contributed by atoms with E-state index in [0.29, 0.717) is 13.0 Å². The minimum Gasteiger partial charge on any atom is -0.310 e. The second-order valence-electron chi connectivity index (χ2n) is 5.13. The van der Waals surface area contributed by atoms with Gasteiger partial charge in [0.05, 0.1) is 10.7 Å². The summed E-state index contributed by atoms with van der Waals surface area (Å²) >= 11 is 0. The van der Waals surface area contributed by atoms with E-state index >= 15 is 0 Å². The maximum absolute atomic E-state index is 11.1. The van der Waals surface area contributed by atoms with Crippen molar-refractivity contribution < 1.29 is 13.3 Å². The molecule has 7 heteroatoms. The Bertz CT molecular complexity index is 572. The minimum atomic E-state index is -2.95. The Morgan fingerprint density at radius 2 is 2.10 bits per heavy atom. The molecule has 6 nitrogen and oxygen atoms in total. The zero-order valence-corrected chi connectivity index (χ0v) is 13.2. The Hall–Kier alpha value is -1.47. The van der Waals surface area contributed by atoms with E-state index in [1.54, 1.807) is 12.1 Å². The molecule has 0 aromatic heterocycles. The first-order valence-corrected chi connectivity index (χ1v) is 9.05. The van der Waals surface area contributed by atoms with Gasteiger partial charge in [0.25, 0.3) is 5.69 Å². The lowest BCUT2D eigenvalue weighted by atomic mass is 10.0. The fourth-order valence-corrected chi connectivity index (χ4v) is 2.81. The van der Waals surface area contributed by atoms with E-state index in [0.717, 1.165) is 18.4 Å². The molecule has 1 unspecified atom stereocenters. The zero-order valence-electron chi connectivity index (χ0n) is 12.4. The summed E-state index contributed by atoms with van der Waals surface area (Å²) in [5, 5.41) is 14.1. The summed E-state index contributed by atoms with van der Waals surface area (Å²) in [6.07, 6.45) is 3.54. The molecule has 1 rings (SSSR count). The van der Waals surface area contributed by atoms with Crippen molar-refractivity contribution in [2.45, 2.75) is 32.2 Å². The summed E-state index contributed by atoms with van der Waals surface area (Å²) in [6, 6.07) is 6.58. The van der Waals surface area contributed by atoms with Crippen LogP contribution in [0.2, 0.25) is 0 Å². The molecule has 118 valence electrons. The minimum absolute atomic E-state index is 0.00876. The highest BCUT2D eigenvalue weighted by atomic mass is 32.2. The predicted molar refractivity (Wildman–Crippen MR) is 83.1 cm³/mol. The average Bonchev–Trinajstić information content (AvgIpc) is 2.41. The monoisotopic (exact) mass is 314 g/mol.